The van der Waals surface area contributed by atoms with Gasteiger partial charge in [0.2, 0.25) is 0 Å². The van der Waals surface area contributed by atoms with Gasteiger partial charge in [-0.3, -0.25) is 0 Å². The standard InChI is InChI=1S/C23H29BN3/c1-3-5-9-21(8-4-2)24-22-12-16-26(17-13-22)15-11-20-18-25-23-10-6-7-14-27(23)19-20/h3-10,14,18,22H,1-2,11-13,15-17,19H2/b9-5-,21-8+. The molecule has 1 saturated heterocycles. The van der Waals surface area contributed by atoms with E-state index in [1.165, 1.54) is 37.0 Å². The van der Waals surface area contributed by atoms with E-state index in [9.17, 15) is 0 Å². The van der Waals surface area contributed by atoms with Crippen LogP contribution in [0.2, 0.25) is 5.82 Å². The Morgan fingerprint density at radius 1 is 1.22 bits per heavy atom. The van der Waals surface area contributed by atoms with Crippen molar-refractivity contribution in [1.82, 2.24) is 9.80 Å². The maximum Gasteiger partial charge on any atom is 0.155 e. The fourth-order valence-corrected chi connectivity index (χ4v) is 3.68. The minimum Gasteiger partial charge on any atom is -0.329 e. The summed E-state index contributed by atoms with van der Waals surface area (Å²) >= 11 is 0. The molecular weight excluding hydrogens is 329 g/mol. The second-order valence-electron chi connectivity index (χ2n) is 7.20. The molecule has 0 aromatic heterocycles. The monoisotopic (exact) mass is 358 g/mol. The molecule has 0 bridgehead atoms. The van der Waals surface area contributed by atoms with Gasteiger partial charge in [0.15, 0.2) is 7.28 Å². The van der Waals surface area contributed by atoms with Gasteiger partial charge in [0, 0.05) is 25.5 Å². The predicted octanol–water partition coefficient (Wildman–Crippen LogP) is 4.46. The van der Waals surface area contributed by atoms with Gasteiger partial charge in [-0.2, -0.15) is 0 Å². The summed E-state index contributed by atoms with van der Waals surface area (Å²) in [5, 5.41) is 0. The fraction of sp³-hybridized carbons (Fsp3) is 0.348. The smallest absolute Gasteiger partial charge is 0.155 e. The van der Waals surface area contributed by atoms with Crippen molar-refractivity contribution in [3.63, 3.8) is 0 Å². The Bertz CT molecular complexity index is 716. The van der Waals surface area contributed by atoms with E-state index in [1.54, 1.807) is 0 Å². The van der Waals surface area contributed by atoms with Gasteiger partial charge in [-0.15, -0.1) is 0 Å². The minimum atomic E-state index is 0.647. The third-order valence-corrected chi connectivity index (χ3v) is 5.21. The van der Waals surface area contributed by atoms with Gasteiger partial charge in [-0.25, -0.2) is 4.99 Å². The zero-order chi connectivity index (χ0) is 18.9. The summed E-state index contributed by atoms with van der Waals surface area (Å²) in [6.45, 7) is 12.0. The molecule has 0 atom stereocenters. The number of piperidine rings is 1. The summed E-state index contributed by atoms with van der Waals surface area (Å²) in [5.41, 5.74) is 2.64. The van der Waals surface area contributed by atoms with E-state index in [-0.39, 0.29) is 0 Å². The first-order valence-electron chi connectivity index (χ1n) is 9.85. The quantitative estimate of drug-likeness (QED) is 0.471. The molecule has 3 nitrogen and oxygen atoms in total. The number of allylic oxidation sites excluding steroid dienone is 8. The number of aliphatic imine (C=N–C) groups is 1. The predicted molar refractivity (Wildman–Crippen MR) is 118 cm³/mol. The highest BCUT2D eigenvalue weighted by atomic mass is 15.2. The van der Waals surface area contributed by atoms with Crippen LogP contribution in [0.4, 0.5) is 0 Å². The Kier molecular flexibility index (Phi) is 7.29. The van der Waals surface area contributed by atoms with E-state index in [1.807, 2.05) is 24.3 Å². The molecule has 3 aliphatic heterocycles. The van der Waals surface area contributed by atoms with Gasteiger partial charge in [-0.05, 0) is 50.1 Å². The second-order valence-corrected chi connectivity index (χ2v) is 7.20. The topological polar surface area (TPSA) is 18.8 Å². The van der Waals surface area contributed by atoms with Crippen LogP contribution in [-0.2, 0) is 0 Å². The SMILES string of the molecule is C=C/C=C\C([B]C1CCN(CCC2=CN=C3C=CC=CN3C2)CC1)=C/C=C. The molecule has 0 amide bonds. The van der Waals surface area contributed by atoms with Gasteiger partial charge in [0.25, 0.3) is 0 Å². The summed E-state index contributed by atoms with van der Waals surface area (Å²) in [5.74, 6) is 1.69. The van der Waals surface area contributed by atoms with Crippen LogP contribution < -0.4 is 0 Å². The average Bonchev–Trinajstić information content (AvgIpc) is 2.71. The lowest BCUT2D eigenvalue weighted by atomic mass is 9.55. The Morgan fingerprint density at radius 3 is 2.85 bits per heavy atom. The molecule has 4 heteroatoms. The fourth-order valence-electron chi connectivity index (χ4n) is 3.68. The third-order valence-electron chi connectivity index (χ3n) is 5.21. The van der Waals surface area contributed by atoms with Gasteiger partial charge in [0.05, 0.1) is 0 Å². The lowest BCUT2D eigenvalue weighted by molar-refractivity contribution is 0.230. The van der Waals surface area contributed by atoms with Crippen molar-refractivity contribution >= 4 is 13.1 Å². The average molecular weight is 358 g/mol. The Labute approximate surface area is 164 Å². The Morgan fingerprint density at radius 2 is 2.07 bits per heavy atom. The Hall–Kier alpha value is -2.33. The molecule has 139 valence electrons. The van der Waals surface area contributed by atoms with E-state index < -0.39 is 0 Å². The number of hydrogen-bond acceptors (Lipinski definition) is 3. The largest absolute Gasteiger partial charge is 0.329 e. The number of rotatable bonds is 8. The van der Waals surface area contributed by atoms with Crippen molar-refractivity contribution in [1.29, 1.82) is 0 Å². The first-order chi connectivity index (χ1) is 13.3. The third kappa shape index (κ3) is 5.83. The summed E-state index contributed by atoms with van der Waals surface area (Å²) in [7, 11) is 2.38. The Balaban J connectivity index is 1.42. The van der Waals surface area contributed by atoms with Crippen LogP contribution in [0.1, 0.15) is 19.3 Å². The molecule has 3 heterocycles. The number of nitrogens with zero attached hydrogens (tertiary/aromatic N) is 3. The zero-order valence-electron chi connectivity index (χ0n) is 16.1. The van der Waals surface area contributed by atoms with E-state index in [2.05, 4.69) is 71.9 Å². The number of likely N-dealkylation sites (tertiary alicyclic amines) is 1. The van der Waals surface area contributed by atoms with E-state index in [4.69, 9.17) is 0 Å². The number of fused-ring (bicyclic) bond motifs is 1. The van der Waals surface area contributed by atoms with Crippen LogP contribution in [0.15, 0.2) is 90.2 Å². The van der Waals surface area contributed by atoms with Crippen molar-refractivity contribution in [3.05, 3.63) is 85.2 Å². The van der Waals surface area contributed by atoms with Crippen molar-refractivity contribution in [2.24, 2.45) is 4.99 Å². The van der Waals surface area contributed by atoms with Crippen LogP contribution in [0.25, 0.3) is 0 Å². The molecule has 0 unspecified atom stereocenters. The first-order valence-corrected chi connectivity index (χ1v) is 9.85. The van der Waals surface area contributed by atoms with Crippen LogP contribution in [0.3, 0.4) is 0 Å². The molecule has 3 aliphatic rings. The summed E-state index contributed by atoms with van der Waals surface area (Å²) in [6, 6.07) is 0. The van der Waals surface area contributed by atoms with E-state index >= 15 is 0 Å². The van der Waals surface area contributed by atoms with Crippen molar-refractivity contribution in [3.8, 4) is 0 Å². The van der Waals surface area contributed by atoms with Crippen molar-refractivity contribution in [2.75, 3.05) is 26.2 Å². The summed E-state index contributed by atoms with van der Waals surface area (Å²) in [6.07, 6.45) is 23.7. The number of hydrogen-bond donors (Lipinski definition) is 0. The molecule has 1 fully saturated rings. The first kappa shape index (κ1) is 19.4. The van der Waals surface area contributed by atoms with Crippen LogP contribution in [0.5, 0.6) is 0 Å². The molecular formula is C23H29BN3. The summed E-state index contributed by atoms with van der Waals surface area (Å²) < 4.78 is 0. The molecule has 0 spiro atoms. The van der Waals surface area contributed by atoms with E-state index in [0.29, 0.717) is 5.82 Å². The van der Waals surface area contributed by atoms with Crippen LogP contribution in [0, 0.1) is 0 Å². The maximum atomic E-state index is 4.57. The van der Waals surface area contributed by atoms with Crippen molar-refractivity contribution < 1.29 is 0 Å². The van der Waals surface area contributed by atoms with Gasteiger partial charge >= 0.3 is 0 Å². The van der Waals surface area contributed by atoms with Gasteiger partial charge in [0.1, 0.15) is 5.84 Å². The second kappa shape index (κ2) is 10.1. The van der Waals surface area contributed by atoms with Crippen LogP contribution >= 0.6 is 0 Å². The molecule has 1 radical (unpaired) electrons. The summed E-state index contributed by atoms with van der Waals surface area (Å²) in [4.78, 5) is 9.39. The molecule has 0 N–H and O–H groups in total. The molecule has 0 aromatic carbocycles. The lowest BCUT2D eigenvalue weighted by Gasteiger charge is -2.33. The van der Waals surface area contributed by atoms with Gasteiger partial charge < -0.3 is 9.80 Å². The highest BCUT2D eigenvalue weighted by Crippen LogP contribution is 2.25. The van der Waals surface area contributed by atoms with E-state index in [0.717, 1.165) is 25.3 Å². The molecule has 0 saturated carbocycles. The molecule has 27 heavy (non-hydrogen) atoms. The normalized spacial score (nSPS) is 21.0. The highest BCUT2D eigenvalue weighted by Gasteiger charge is 2.21. The highest BCUT2D eigenvalue weighted by molar-refractivity contribution is 6.48. The molecule has 0 aromatic rings. The molecule has 3 rings (SSSR count). The van der Waals surface area contributed by atoms with Crippen molar-refractivity contribution in [2.45, 2.75) is 25.1 Å². The van der Waals surface area contributed by atoms with Gasteiger partial charge in [-0.1, -0.05) is 60.9 Å². The molecule has 0 aliphatic carbocycles. The van der Waals surface area contributed by atoms with Crippen LogP contribution in [-0.4, -0.2) is 49.1 Å². The zero-order valence-corrected chi connectivity index (χ0v) is 16.1. The minimum absolute atomic E-state index is 0.647. The maximum absolute atomic E-state index is 4.57. The lowest BCUT2D eigenvalue weighted by Crippen LogP contribution is -2.35. The number of amidine groups is 1.